The molecule has 1 N–H and O–H groups in total. The normalized spacial score (nSPS) is 16.6. The Bertz CT molecular complexity index is 2200. The van der Waals surface area contributed by atoms with Gasteiger partial charge in [-0.15, -0.1) is 0 Å². The monoisotopic (exact) mass is 854 g/mol. The highest BCUT2D eigenvalue weighted by Crippen LogP contribution is 2.60. The molecule has 0 saturated heterocycles. The molecular formula is C45H44F6N2O8. The third-order valence-electron chi connectivity index (χ3n) is 9.71. The molecule has 0 radical (unpaired) electrons. The molecule has 16 heteroatoms. The van der Waals surface area contributed by atoms with Gasteiger partial charge in [0.05, 0.1) is 5.92 Å². The first-order valence-electron chi connectivity index (χ1n) is 18.7. The van der Waals surface area contributed by atoms with Crippen LogP contribution in [0.3, 0.4) is 0 Å². The molecule has 0 bridgehead atoms. The summed E-state index contributed by atoms with van der Waals surface area (Å²) in [6.45, 7) is 7.61. The van der Waals surface area contributed by atoms with Crippen LogP contribution < -0.4 is 14.8 Å². The summed E-state index contributed by atoms with van der Waals surface area (Å²) in [5.74, 6) is -2.77. The van der Waals surface area contributed by atoms with Crippen molar-refractivity contribution in [2.45, 2.75) is 65.0 Å². The SMILES string of the molecule is CC1(C)[C@H](C(=O)O[C@H](C#N)c2cccc(Oc3ccccc3)c2)[C@@H]1/C=C\C(=O)OC(C(F)(F)F)C(F)(F)F.CNC(=O)C(OC)c1ccccc1COc1cc(C)ccc1C. The van der Waals surface area contributed by atoms with Gasteiger partial charge in [-0.2, -0.15) is 31.6 Å². The number of hydrogen-bond acceptors (Lipinski definition) is 9. The zero-order chi connectivity index (χ0) is 45.1. The highest BCUT2D eigenvalue weighted by molar-refractivity contribution is 5.84. The summed E-state index contributed by atoms with van der Waals surface area (Å²) in [4.78, 5) is 36.4. The molecule has 0 heterocycles. The van der Waals surface area contributed by atoms with Gasteiger partial charge in [-0.1, -0.05) is 86.7 Å². The lowest BCUT2D eigenvalue weighted by molar-refractivity contribution is -0.312. The summed E-state index contributed by atoms with van der Waals surface area (Å²) in [6, 6.07) is 30.7. The lowest BCUT2D eigenvalue weighted by Crippen LogP contribution is -2.45. The van der Waals surface area contributed by atoms with Gasteiger partial charge in [0.15, 0.2) is 6.10 Å². The molecule has 0 spiro atoms. The van der Waals surface area contributed by atoms with E-state index in [1.54, 1.807) is 69.4 Å². The first-order chi connectivity index (χ1) is 28.7. The molecule has 4 atom stereocenters. The first-order valence-corrected chi connectivity index (χ1v) is 18.7. The molecule has 4 aromatic rings. The van der Waals surface area contributed by atoms with Crippen molar-refractivity contribution in [1.82, 2.24) is 5.32 Å². The number of allylic oxidation sites excluding steroid dienone is 1. The fourth-order valence-corrected chi connectivity index (χ4v) is 6.31. The van der Waals surface area contributed by atoms with Crippen LogP contribution in [0.4, 0.5) is 26.3 Å². The summed E-state index contributed by atoms with van der Waals surface area (Å²) >= 11 is 0. The van der Waals surface area contributed by atoms with Crippen LogP contribution in [0.1, 0.15) is 53.9 Å². The van der Waals surface area contributed by atoms with Crippen molar-refractivity contribution in [1.29, 1.82) is 5.26 Å². The van der Waals surface area contributed by atoms with Crippen LogP contribution >= 0.6 is 0 Å². The second-order valence-electron chi connectivity index (χ2n) is 14.5. The van der Waals surface area contributed by atoms with Gasteiger partial charge in [-0.3, -0.25) is 9.59 Å². The summed E-state index contributed by atoms with van der Waals surface area (Å²) < 4.78 is 101. The fourth-order valence-electron chi connectivity index (χ4n) is 6.31. The first kappa shape index (κ1) is 47.3. The van der Waals surface area contributed by atoms with Gasteiger partial charge in [0.2, 0.25) is 6.10 Å². The standard InChI is InChI=1S/C26H21F6NO5.C19H23NO3/c1-24(2)18(11-12-20(34)38-23(25(27,28)29)26(30,31)32)21(24)22(35)37-19(14-33)15-7-6-10-17(13-15)36-16-8-4-3-5-9-16;1-13-9-10-14(2)17(11-13)23-12-15-7-5-6-8-16(15)18(22-4)19(21)20-3/h3-13,18-19,21,23H,1-2H3;5-11,18H,12H2,1-4H3,(H,20,21)/b12-11-;/t18-,19+,21-;/m0./s1. The topological polar surface area (TPSA) is 133 Å². The number of ether oxygens (including phenoxy) is 5. The average molecular weight is 855 g/mol. The number of aryl methyl sites for hydroxylation is 2. The Morgan fingerprint density at radius 3 is 2.11 bits per heavy atom. The van der Waals surface area contributed by atoms with E-state index in [9.17, 15) is 46.0 Å². The van der Waals surface area contributed by atoms with Crippen LogP contribution in [0.25, 0.3) is 0 Å². The predicted molar refractivity (Wildman–Crippen MR) is 210 cm³/mol. The molecule has 1 unspecified atom stereocenters. The molecule has 0 aliphatic heterocycles. The Kier molecular flexibility index (Phi) is 15.7. The molecular weight excluding hydrogens is 810 g/mol. The number of esters is 2. The van der Waals surface area contributed by atoms with Crippen molar-refractivity contribution in [2.24, 2.45) is 17.3 Å². The van der Waals surface area contributed by atoms with Crippen molar-refractivity contribution >= 4 is 17.8 Å². The van der Waals surface area contributed by atoms with E-state index in [1.807, 2.05) is 56.3 Å². The maximum Gasteiger partial charge on any atom is 0.434 e. The van der Waals surface area contributed by atoms with E-state index in [4.69, 9.17) is 18.9 Å². The number of likely N-dealkylation sites (N-methyl/N-ethyl adjacent to an activating group) is 1. The van der Waals surface area contributed by atoms with Crippen molar-refractivity contribution in [3.8, 4) is 23.3 Å². The Morgan fingerprint density at radius 2 is 1.49 bits per heavy atom. The van der Waals surface area contributed by atoms with Gasteiger partial charge in [0.1, 0.15) is 29.9 Å². The summed E-state index contributed by atoms with van der Waals surface area (Å²) in [7, 11) is 3.13. The molecule has 1 fully saturated rings. The Morgan fingerprint density at radius 1 is 0.852 bits per heavy atom. The molecule has 1 saturated carbocycles. The van der Waals surface area contributed by atoms with Gasteiger partial charge >= 0.3 is 24.3 Å². The number of rotatable bonds is 14. The molecule has 61 heavy (non-hydrogen) atoms. The van der Waals surface area contributed by atoms with E-state index in [0.717, 1.165) is 34.1 Å². The molecule has 1 aliphatic carbocycles. The number of methoxy groups -OCH3 is 1. The highest BCUT2D eigenvalue weighted by Gasteiger charge is 2.62. The number of halogens is 6. The minimum Gasteiger partial charge on any atom is -0.489 e. The van der Waals surface area contributed by atoms with Gasteiger partial charge in [-0.25, -0.2) is 4.79 Å². The fraction of sp³-hybridized carbons (Fsp3) is 0.333. The largest absolute Gasteiger partial charge is 0.489 e. The van der Waals surface area contributed by atoms with Crippen LogP contribution in [0.5, 0.6) is 17.2 Å². The van der Waals surface area contributed by atoms with Crippen LogP contribution in [-0.2, 0) is 35.2 Å². The van der Waals surface area contributed by atoms with Crippen molar-refractivity contribution in [2.75, 3.05) is 14.2 Å². The molecule has 324 valence electrons. The minimum atomic E-state index is -5.84. The number of carbonyl (C=O) groups excluding carboxylic acids is 3. The molecule has 5 rings (SSSR count). The third kappa shape index (κ3) is 12.8. The van der Waals surface area contributed by atoms with E-state index in [-0.39, 0.29) is 5.91 Å². The number of hydrogen-bond donors (Lipinski definition) is 1. The number of alkyl halides is 6. The van der Waals surface area contributed by atoms with E-state index >= 15 is 0 Å². The lowest BCUT2D eigenvalue weighted by atomic mass is 10.0. The average Bonchev–Trinajstić information content (AvgIpc) is 3.78. The smallest absolute Gasteiger partial charge is 0.434 e. The van der Waals surface area contributed by atoms with Gasteiger partial charge in [-0.05, 0) is 77.8 Å². The summed E-state index contributed by atoms with van der Waals surface area (Å²) in [5.41, 5.74) is 3.46. The number of nitriles is 1. The van der Waals surface area contributed by atoms with Crippen molar-refractivity contribution < 1.29 is 64.4 Å². The molecule has 0 aromatic heterocycles. The maximum atomic E-state index is 12.8. The number of nitrogens with zero attached hydrogens (tertiary/aromatic N) is 1. The molecule has 10 nitrogen and oxygen atoms in total. The number of amides is 1. The molecule has 1 amide bonds. The third-order valence-corrected chi connectivity index (χ3v) is 9.71. The number of benzene rings is 4. The predicted octanol–water partition coefficient (Wildman–Crippen LogP) is 9.77. The van der Waals surface area contributed by atoms with E-state index in [2.05, 4.69) is 16.1 Å². The second kappa shape index (κ2) is 20.3. The number of nitrogens with one attached hydrogen (secondary N) is 1. The molecule has 1 aliphatic rings. The lowest BCUT2D eigenvalue weighted by Gasteiger charge is -2.22. The van der Waals surface area contributed by atoms with E-state index in [0.29, 0.717) is 29.7 Å². The zero-order valence-electron chi connectivity index (χ0n) is 34.0. The van der Waals surface area contributed by atoms with Gasteiger partial charge in [0.25, 0.3) is 12.0 Å². The van der Waals surface area contributed by atoms with E-state index < -0.39 is 59.9 Å². The van der Waals surface area contributed by atoms with Crippen LogP contribution in [-0.4, -0.2) is 50.5 Å². The Balaban J connectivity index is 0.000000303. The van der Waals surface area contributed by atoms with Crippen LogP contribution in [0.15, 0.2) is 109 Å². The van der Waals surface area contributed by atoms with Crippen molar-refractivity contribution in [3.63, 3.8) is 0 Å². The summed E-state index contributed by atoms with van der Waals surface area (Å²) in [5, 5.41) is 12.2. The van der Waals surface area contributed by atoms with Crippen LogP contribution in [0.2, 0.25) is 0 Å². The van der Waals surface area contributed by atoms with Gasteiger partial charge < -0.3 is 29.0 Å². The quantitative estimate of drug-likeness (QED) is 0.0748. The Hall–Kier alpha value is -6.34. The Labute approximate surface area is 349 Å². The minimum absolute atomic E-state index is 0.174. The molecule has 4 aromatic carbocycles. The number of para-hydroxylation sites is 1. The summed E-state index contributed by atoms with van der Waals surface area (Å²) in [6.07, 6.45) is -16.5. The van der Waals surface area contributed by atoms with Gasteiger partial charge in [0, 0.05) is 25.8 Å². The highest BCUT2D eigenvalue weighted by atomic mass is 19.4. The van der Waals surface area contributed by atoms with Crippen molar-refractivity contribution in [3.05, 3.63) is 137 Å². The second-order valence-corrected chi connectivity index (χ2v) is 14.5. The number of carbonyl (C=O) groups is 3. The van der Waals surface area contributed by atoms with E-state index in [1.165, 1.54) is 13.2 Å². The van der Waals surface area contributed by atoms with Crippen LogP contribution in [0, 0.1) is 42.4 Å². The maximum absolute atomic E-state index is 12.8. The zero-order valence-corrected chi connectivity index (χ0v) is 34.0.